The van der Waals surface area contributed by atoms with Crippen LogP contribution < -0.4 is 10.6 Å². The Morgan fingerprint density at radius 2 is 2.14 bits per heavy atom. The van der Waals surface area contributed by atoms with Crippen LogP contribution >= 0.6 is 0 Å². The molecule has 0 aromatic heterocycles. The first-order chi connectivity index (χ1) is 6.56. The molecule has 0 heterocycles. The van der Waals surface area contributed by atoms with Crippen molar-refractivity contribution in [2.75, 3.05) is 25.5 Å². The Labute approximate surface area is 82.3 Å². The number of halogens is 1. The zero-order valence-corrected chi connectivity index (χ0v) is 8.25. The molecule has 0 amide bonds. The van der Waals surface area contributed by atoms with Crippen LogP contribution in [0.5, 0.6) is 0 Å². The molecule has 1 aromatic carbocycles. The molecule has 0 atom stereocenters. The average molecular weight is 196 g/mol. The van der Waals surface area contributed by atoms with Crippen molar-refractivity contribution in [3.05, 3.63) is 29.6 Å². The molecular weight excluding hydrogens is 183 g/mol. The number of nitrogens with two attached hydrogens (primary N) is 1. The number of hydrogen-bond donors (Lipinski definition) is 1. The summed E-state index contributed by atoms with van der Waals surface area (Å²) in [5.41, 5.74) is 5.94. The van der Waals surface area contributed by atoms with Crippen molar-refractivity contribution in [1.82, 2.24) is 0 Å². The van der Waals surface area contributed by atoms with E-state index < -0.39 is 5.82 Å². The van der Waals surface area contributed by atoms with E-state index in [0.717, 1.165) is 0 Å². The second-order valence-electron chi connectivity index (χ2n) is 3.19. The normalized spacial score (nSPS) is 10.0. The zero-order valence-electron chi connectivity index (χ0n) is 8.25. The van der Waals surface area contributed by atoms with E-state index in [0.29, 0.717) is 11.3 Å². The number of carbonyl (C=O) groups is 1. The molecule has 0 bridgehead atoms. The van der Waals surface area contributed by atoms with Gasteiger partial charge in [0, 0.05) is 19.7 Å². The molecule has 0 fully saturated rings. The Morgan fingerprint density at radius 1 is 1.50 bits per heavy atom. The van der Waals surface area contributed by atoms with Crippen LogP contribution in [0, 0.1) is 5.82 Å². The van der Waals surface area contributed by atoms with Crippen LogP contribution in [0.4, 0.5) is 10.1 Å². The van der Waals surface area contributed by atoms with Gasteiger partial charge in [-0.1, -0.05) is 0 Å². The molecule has 0 radical (unpaired) electrons. The quantitative estimate of drug-likeness (QED) is 0.734. The molecule has 0 aliphatic rings. The summed E-state index contributed by atoms with van der Waals surface area (Å²) in [5.74, 6) is -0.663. The molecule has 0 saturated heterocycles. The largest absolute Gasteiger partial charge is 0.375 e. The van der Waals surface area contributed by atoms with E-state index in [2.05, 4.69) is 0 Å². The highest BCUT2D eigenvalue weighted by Crippen LogP contribution is 2.18. The molecule has 0 aliphatic heterocycles. The highest BCUT2D eigenvalue weighted by Gasteiger charge is 2.08. The number of ketones is 1. The molecule has 0 aliphatic carbocycles. The maximum atomic E-state index is 13.4. The molecule has 14 heavy (non-hydrogen) atoms. The fourth-order valence-electron chi connectivity index (χ4n) is 1.16. The lowest BCUT2D eigenvalue weighted by molar-refractivity contribution is 0.100. The lowest BCUT2D eigenvalue weighted by Crippen LogP contribution is -2.15. The Hall–Kier alpha value is -1.42. The number of nitrogens with zero attached hydrogens (tertiary/aromatic N) is 1. The summed E-state index contributed by atoms with van der Waals surface area (Å²) in [5, 5.41) is 0. The van der Waals surface area contributed by atoms with Crippen molar-refractivity contribution < 1.29 is 9.18 Å². The first kappa shape index (κ1) is 10.7. The third-order valence-electron chi connectivity index (χ3n) is 1.94. The van der Waals surface area contributed by atoms with E-state index in [1.54, 1.807) is 31.1 Å². The first-order valence-electron chi connectivity index (χ1n) is 4.26. The maximum absolute atomic E-state index is 13.4. The van der Waals surface area contributed by atoms with Gasteiger partial charge in [0.2, 0.25) is 0 Å². The monoisotopic (exact) mass is 196 g/mol. The van der Waals surface area contributed by atoms with E-state index in [9.17, 15) is 9.18 Å². The molecule has 1 aromatic rings. The summed E-state index contributed by atoms with van der Waals surface area (Å²) >= 11 is 0. The predicted octanol–water partition coefficient (Wildman–Crippen LogP) is 1.03. The van der Waals surface area contributed by atoms with Gasteiger partial charge in [0.1, 0.15) is 5.82 Å². The van der Waals surface area contributed by atoms with Gasteiger partial charge in [0.05, 0.1) is 12.2 Å². The highest BCUT2D eigenvalue weighted by atomic mass is 19.1. The van der Waals surface area contributed by atoms with Crippen LogP contribution in [0.2, 0.25) is 0 Å². The molecule has 76 valence electrons. The Kier molecular flexibility index (Phi) is 3.19. The summed E-state index contributed by atoms with van der Waals surface area (Å²) in [6.07, 6.45) is 0. The molecule has 1 rings (SSSR count). The highest BCUT2D eigenvalue weighted by molar-refractivity contribution is 5.97. The van der Waals surface area contributed by atoms with Gasteiger partial charge >= 0.3 is 0 Å². The lowest BCUT2D eigenvalue weighted by atomic mass is 10.1. The third-order valence-corrected chi connectivity index (χ3v) is 1.94. The van der Waals surface area contributed by atoms with Crippen molar-refractivity contribution in [2.45, 2.75) is 0 Å². The van der Waals surface area contributed by atoms with Gasteiger partial charge in [-0.15, -0.1) is 0 Å². The third kappa shape index (κ3) is 2.09. The second-order valence-corrected chi connectivity index (χ2v) is 3.19. The summed E-state index contributed by atoms with van der Waals surface area (Å²) in [6.45, 7) is -0.0965. The fourth-order valence-corrected chi connectivity index (χ4v) is 1.16. The first-order valence-corrected chi connectivity index (χ1v) is 4.26. The minimum Gasteiger partial charge on any atom is -0.375 e. The van der Waals surface area contributed by atoms with Gasteiger partial charge in [-0.25, -0.2) is 4.39 Å². The molecule has 0 saturated carbocycles. The minimum atomic E-state index is -0.408. The zero-order chi connectivity index (χ0) is 10.7. The molecule has 0 spiro atoms. The Morgan fingerprint density at radius 3 is 2.57 bits per heavy atom. The molecular formula is C10H13FN2O. The van der Waals surface area contributed by atoms with E-state index >= 15 is 0 Å². The Balaban J connectivity index is 3.06. The smallest absolute Gasteiger partial charge is 0.176 e. The SMILES string of the molecule is CN(C)c1ccc(C(=O)CN)cc1F. The van der Waals surface area contributed by atoms with E-state index in [4.69, 9.17) is 5.73 Å². The standard InChI is InChI=1S/C10H13FN2O/c1-13(2)9-4-3-7(5-8(9)11)10(14)6-12/h3-5H,6,12H2,1-2H3. The van der Waals surface area contributed by atoms with E-state index in [1.165, 1.54) is 6.07 Å². The molecule has 0 unspecified atom stereocenters. The molecule has 3 nitrogen and oxygen atoms in total. The van der Waals surface area contributed by atoms with Crippen LogP contribution in [-0.2, 0) is 0 Å². The number of rotatable bonds is 3. The van der Waals surface area contributed by atoms with Gasteiger partial charge in [-0.2, -0.15) is 0 Å². The van der Waals surface area contributed by atoms with Crippen molar-refractivity contribution in [2.24, 2.45) is 5.73 Å². The van der Waals surface area contributed by atoms with Crippen molar-refractivity contribution in [3.63, 3.8) is 0 Å². The van der Waals surface area contributed by atoms with Crippen LogP contribution in [0.3, 0.4) is 0 Å². The van der Waals surface area contributed by atoms with E-state index in [-0.39, 0.29) is 12.3 Å². The maximum Gasteiger partial charge on any atom is 0.176 e. The minimum absolute atomic E-state index is 0.0965. The number of Topliss-reactive ketones (excluding diaryl/α,β-unsaturated/α-hetero) is 1. The molecule has 4 heteroatoms. The predicted molar refractivity (Wildman–Crippen MR) is 54.1 cm³/mol. The average Bonchev–Trinajstić information content (AvgIpc) is 2.15. The lowest BCUT2D eigenvalue weighted by Gasteiger charge is -2.13. The second kappa shape index (κ2) is 4.19. The van der Waals surface area contributed by atoms with Crippen molar-refractivity contribution in [1.29, 1.82) is 0 Å². The molecule has 2 N–H and O–H groups in total. The van der Waals surface area contributed by atoms with Gasteiger partial charge in [0.25, 0.3) is 0 Å². The van der Waals surface area contributed by atoms with Crippen LogP contribution in [0.1, 0.15) is 10.4 Å². The van der Waals surface area contributed by atoms with Crippen LogP contribution in [-0.4, -0.2) is 26.4 Å². The van der Waals surface area contributed by atoms with Gasteiger partial charge in [-0.3, -0.25) is 4.79 Å². The van der Waals surface area contributed by atoms with Crippen molar-refractivity contribution in [3.8, 4) is 0 Å². The van der Waals surface area contributed by atoms with Gasteiger partial charge < -0.3 is 10.6 Å². The summed E-state index contributed by atoms with van der Waals surface area (Å²) < 4.78 is 13.4. The number of anilines is 1. The number of carbonyl (C=O) groups excluding carboxylic acids is 1. The van der Waals surface area contributed by atoms with E-state index in [1.807, 2.05) is 0 Å². The van der Waals surface area contributed by atoms with Crippen LogP contribution in [0.15, 0.2) is 18.2 Å². The summed E-state index contributed by atoms with van der Waals surface area (Å²) in [4.78, 5) is 12.8. The summed E-state index contributed by atoms with van der Waals surface area (Å²) in [7, 11) is 3.48. The fraction of sp³-hybridized carbons (Fsp3) is 0.300. The topological polar surface area (TPSA) is 46.3 Å². The number of benzene rings is 1. The summed E-state index contributed by atoms with van der Waals surface area (Å²) in [6, 6.07) is 4.36. The van der Waals surface area contributed by atoms with Gasteiger partial charge in [-0.05, 0) is 18.2 Å². The van der Waals surface area contributed by atoms with Gasteiger partial charge in [0.15, 0.2) is 5.78 Å². The Bertz CT molecular complexity index is 350. The van der Waals surface area contributed by atoms with Crippen LogP contribution in [0.25, 0.3) is 0 Å². The van der Waals surface area contributed by atoms with Crippen molar-refractivity contribution >= 4 is 11.5 Å². The number of hydrogen-bond acceptors (Lipinski definition) is 3.